The Labute approximate surface area is 81.4 Å². The average Bonchev–Trinajstić information content (AvgIpc) is 2.02. The summed E-state index contributed by atoms with van der Waals surface area (Å²) in [5.74, 6) is -0.460. The Balaban J connectivity index is 2.91. The Hall–Kier alpha value is -1.41. The molecule has 1 aliphatic rings. The first-order chi connectivity index (χ1) is 6.22. The maximum Gasteiger partial charge on any atom is 0.222 e. The van der Waals surface area contributed by atoms with Crippen molar-refractivity contribution in [3.05, 3.63) is 48.1 Å². The van der Waals surface area contributed by atoms with Crippen LogP contribution in [0.5, 0.6) is 0 Å². The van der Waals surface area contributed by atoms with Crippen LogP contribution >= 0.6 is 11.6 Å². The number of Topliss-reactive ketones (excluding diaryl/α,β-unsaturated/α-hetero) is 1. The molecular formula is C10H8ClNO. The Morgan fingerprint density at radius 2 is 1.77 bits per heavy atom. The van der Waals surface area contributed by atoms with Crippen molar-refractivity contribution in [1.82, 2.24) is 0 Å². The lowest BCUT2D eigenvalue weighted by Gasteiger charge is -1.96. The fourth-order valence-electron chi connectivity index (χ4n) is 0.845. The second kappa shape index (κ2) is 4.58. The summed E-state index contributed by atoms with van der Waals surface area (Å²) in [4.78, 5) is 11.2. The third-order valence-corrected chi connectivity index (χ3v) is 1.63. The molecule has 0 bridgehead atoms. The van der Waals surface area contributed by atoms with Gasteiger partial charge in [-0.25, -0.2) is 0 Å². The van der Waals surface area contributed by atoms with Gasteiger partial charge in [0.2, 0.25) is 5.78 Å². The first-order valence-corrected chi connectivity index (χ1v) is 4.10. The second-order valence-corrected chi connectivity index (χ2v) is 2.77. The van der Waals surface area contributed by atoms with Gasteiger partial charge in [-0.15, -0.1) is 0 Å². The maximum atomic E-state index is 11.2. The molecule has 0 amide bonds. The van der Waals surface area contributed by atoms with Crippen molar-refractivity contribution in [2.75, 3.05) is 0 Å². The van der Waals surface area contributed by atoms with Gasteiger partial charge in [0, 0.05) is 5.57 Å². The molecule has 0 heterocycles. The Bertz CT molecular complexity index is 348. The van der Waals surface area contributed by atoms with E-state index < -0.39 is 11.0 Å². The van der Waals surface area contributed by atoms with E-state index in [0.29, 0.717) is 5.57 Å². The summed E-state index contributed by atoms with van der Waals surface area (Å²) in [5, 5.41) is 6.50. The third-order valence-electron chi connectivity index (χ3n) is 1.46. The molecule has 0 radical (unpaired) electrons. The number of carbonyl (C=O) groups excluding carboxylic acids is 1. The molecule has 0 saturated carbocycles. The van der Waals surface area contributed by atoms with Crippen LogP contribution in [0, 0.1) is 5.41 Å². The van der Waals surface area contributed by atoms with Crippen molar-refractivity contribution in [2.45, 2.75) is 0 Å². The molecule has 3 heteroatoms. The van der Waals surface area contributed by atoms with Crippen molar-refractivity contribution in [3.8, 4) is 0 Å². The van der Waals surface area contributed by atoms with Gasteiger partial charge in [0.25, 0.3) is 0 Å². The number of nitrogens with one attached hydrogen (secondary N) is 1. The second-order valence-electron chi connectivity index (χ2n) is 2.39. The maximum absolute atomic E-state index is 11.2. The lowest BCUT2D eigenvalue weighted by molar-refractivity contribution is -0.109. The zero-order chi connectivity index (χ0) is 9.68. The Morgan fingerprint density at radius 3 is 2.46 bits per heavy atom. The van der Waals surface area contributed by atoms with Crippen molar-refractivity contribution in [1.29, 1.82) is 5.41 Å². The lowest BCUT2D eigenvalue weighted by Crippen LogP contribution is -2.07. The Kier molecular flexibility index (Phi) is 3.41. The third kappa shape index (κ3) is 2.84. The van der Waals surface area contributed by atoms with Gasteiger partial charge >= 0.3 is 0 Å². The monoisotopic (exact) mass is 193 g/mol. The zero-order valence-electron chi connectivity index (χ0n) is 6.83. The summed E-state index contributed by atoms with van der Waals surface area (Å²) < 4.78 is 0. The Morgan fingerprint density at radius 1 is 1.15 bits per heavy atom. The van der Waals surface area contributed by atoms with Gasteiger partial charge in [-0.05, 0) is 0 Å². The SMILES string of the molecule is N=C(Cl)C(=O)C1=C/C=C\C=C/C=C1. The minimum absolute atomic E-state index is 0.417. The molecule has 1 N–H and O–H groups in total. The largest absolute Gasteiger partial charge is 0.286 e. The van der Waals surface area contributed by atoms with Crippen LogP contribution in [0.25, 0.3) is 0 Å². The minimum atomic E-state index is -0.464. The number of carbonyl (C=O) groups is 1. The van der Waals surface area contributed by atoms with E-state index in [4.69, 9.17) is 17.0 Å². The van der Waals surface area contributed by atoms with Crippen LogP contribution < -0.4 is 0 Å². The van der Waals surface area contributed by atoms with Crippen LogP contribution in [0.15, 0.2) is 48.1 Å². The van der Waals surface area contributed by atoms with Gasteiger partial charge in [-0.1, -0.05) is 54.1 Å². The van der Waals surface area contributed by atoms with Crippen LogP contribution in [-0.2, 0) is 4.79 Å². The number of hydrogen-bond donors (Lipinski definition) is 1. The van der Waals surface area contributed by atoms with Gasteiger partial charge in [-0.2, -0.15) is 0 Å². The van der Waals surface area contributed by atoms with Crippen LogP contribution in [0.4, 0.5) is 0 Å². The molecule has 0 atom stereocenters. The minimum Gasteiger partial charge on any atom is -0.286 e. The first-order valence-electron chi connectivity index (χ1n) is 3.72. The lowest BCUT2D eigenvalue weighted by atomic mass is 10.1. The van der Waals surface area contributed by atoms with Crippen LogP contribution in [0.3, 0.4) is 0 Å². The molecule has 13 heavy (non-hydrogen) atoms. The molecule has 1 aliphatic carbocycles. The molecule has 0 saturated heterocycles. The van der Waals surface area contributed by atoms with E-state index >= 15 is 0 Å². The van der Waals surface area contributed by atoms with E-state index in [1.807, 2.05) is 6.08 Å². The predicted octanol–water partition coefficient (Wildman–Crippen LogP) is 2.38. The molecule has 1 rings (SSSR count). The molecule has 0 aromatic carbocycles. The van der Waals surface area contributed by atoms with Gasteiger partial charge in [-0.3, -0.25) is 10.2 Å². The number of hydrogen-bond acceptors (Lipinski definition) is 2. The number of allylic oxidation sites excluding steroid dienone is 8. The highest BCUT2D eigenvalue weighted by Gasteiger charge is 2.09. The molecule has 0 fully saturated rings. The summed E-state index contributed by atoms with van der Waals surface area (Å²) in [6.07, 6.45) is 12.2. The quantitative estimate of drug-likeness (QED) is 0.673. The van der Waals surface area contributed by atoms with E-state index in [2.05, 4.69) is 0 Å². The molecule has 0 unspecified atom stereocenters. The fraction of sp³-hybridized carbons (Fsp3) is 0. The number of halogens is 1. The molecular weight excluding hydrogens is 186 g/mol. The van der Waals surface area contributed by atoms with E-state index in [0.717, 1.165) is 0 Å². The van der Waals surface area contributed by atoms with E-state index in [9.17, 15) is 4.79 Å². The fourth-order valence-corrected chi connectivity index (χ4v) is 0.954. The predicted molar refractivity (Wildman–Crippen MR) is 54.1 cm³/mol. The van der Waals surface area contributed by atoms with Crippen molar-refractivity contribution in [3.63, 3.8) is 0 Å². The molecule has 0 aromatic rings. The molecule has 66 valence electrons. The highest BCUT2D eigenvalue weighted by atomic mass is 35.5. The molecule has 0 aliphatic heterocycles. The first kappa shape index (κ1) is 9.68. The number of rotatable bonds is 2. The highest BCUT2D eigenvalue weighted by molar-refractivity contribution is 6.84. The van der Waals surface area contributed by atoms with Crippen LogP contribution in [0.2, 0.25) is 0 Å². The zero-order valence-corrected chi connectivity index (χ0v) is 7.58. The summed E-state index contributed by atoms with van der Waals surface area (Å²) >= 11 is 5.27. The van der Waals surface area contributed by atoms with Crippen LogP contribution in [-0.4, -0.2) is 11.0 Å². The van der Waals surface area contributed by atoms with E-state index in [-0.39, 0.29) is 0 Å². The molecule has 2 nitrogen and oxygen atoms in total. The van der Waals surface area contributed by atoms with Crippen molar-refractivity contribution >= 4 is 22.6 Å². The van der Waals surface area contributed by atoms with Gasteiger partial charge in [0.1, 0.15) is 0 Å². The highest BCUT2D eigenvalue weighted by Crippen LogP contribution is 2.05. The molecule has 0 aromatic heterocycles. The van der Waals surface area contributed by atoms with Gasteiger partial charge in [0.05, 0.1) is 0 Å². The average molecular weight is 194 g/mol. The summed E-state index contributed by atoms with van der Waals surface area (Å²) in [6, 6.07) is 0. The van der Waals surface area contributed by atoms with E-state index in [1.165, 1.54) is 0 Å². The standard InChI is InChI=1S/C10H8ClNO/c11-10(12)9(13)8-6-4-2-1-3-5-7-8/h1-7,12H/b2-1-,3-1?,4-2?,5-3-,6-4?,7-5?,8-6?,8-7?,12-10?. The normalized spacial score (nSPS) is 19.6. The molecule has 0 spiro atoms. The van der Waals surface area contributed by atoms with Crippen molar-refractivity contribution in [2.24, 2.45) is 0 Å². The summed E-state index contributed by atoms with van der Waals surface area (Å²) in [6.45, 7) is 0. The summed E-state index contributed by atoms with van der Waals surface area (Å²) in [7, 11) is 0. The van der Waals surface area contributed by atoms with Gasteiger partial charge < -0.3 is 0 Å². The van der Waals surface area contributed by atoms with E-state index in [1.54, 1.807) is 36.5 Å². The number of ketones is 1. The summed E-state index contributed by atoms with van der Waals surface area (Å²) in [5.41, 5.74) is 0.417. The smallest absolute Gasteiger partial charge is 0.222 e. The van der Waals surface area contributed by atoms with Crippen molar-refractivity contribution < 1.29 is 4.79 Å². The van der Waals surface area contributed by atoms with Crippen LogP contribution in [0.1, 0.15) is 0 Å². The topological polar surface area (TPSA) is 40.9 Å². The van der Waals surface area contributed by atoms with Gasteiger partial charge in [0.15, 0.2) is 5.17 Å².